The molecule has 3 rings (SSSR count). The van der Waals surface area contributed by atoms with Crippen LogP contribution in [0.3, 0.4) is 0 Å². The van der Waals surface area contributed by atoms with Gasteiger partial charge in [-0.2, -0.15) is 13.2 Å². The number of H-pyrrole nitrogens is 1. The van der Waals surface area contributed by atoms with Crippen LogP contribution in [0.2, 0.25) is 0 Å². The van der Waals surface area contributed by atoms with Crippen molar-refractivity contribution in [3.05, 3.63) is 54.1 Å². The smallest absolute Gasteiger partial charge is 0.344 e. The van der Waals surface area contributed by atoms with Crippen LogP contribution in [0, 0.1) is 5.82 Å². The van der Waals surface area contributed by atoms with E-state index < -0.39 is 23.6 Å². The predicted octanol–water partition coefficient (Wildman–Crippen LogP) is 4.36. The molecule has 1 aromatic carbocycles. The molecule has 0 radical (unpaired) electrons. The predicted molar refractivity (Wildman–Crippen MR) is 80.1 cm³/mol. The van der Waals surface area contributed by atoms with Crippen molar-refractivity contribution in [1.29, 1.82) is 0 Å². The van der Waals surface area contributed by atoms with Crippen LogP contribution in [0.5, 0.6) is 0 Å². The van der Waals surface area contributed by atoms with Crippen molar-refractivity contribution in [3.63, 3.8) is 0 Å². The van der Waals surface area contributed by atoms with Crippen molar-refractivity contribution in [2.75, 3.05) is 10.6 Å². The van der Waals surface area contributed by atoms with Crippen molar-refractivity contribution < 1.29 is 22.4 Å². The number of anilines is 2. The Morgan fingerprint density at radius 3 is 2.50 bits per heavy atom. The maximum absolute atomic E-state index is 13.2. The lowest BCUT2D eigenvalue weighted by Gasteiger charge is -2.09. The topological polar surface area (TPSA) is 69.8 Å². The van der Waals surface area contributed by atoms with Gasteiger partial charge in [-0.15, -0.1) is 0 Å². The minimum atomic E-state index is -4.44. The zero-order chi connectivity index (χ0) is 17.3. The number of aromatic amines is 1. The number of nitrogens with zero attached hydrogens (tertiary/aromatic N) is 1. The first-order chi connectivity index (χ1) is 11.3. The van der Waals surface area contributed by atoms with Crippen LogP contribution in [0.4, 0.5) is 33.7 Å². The highest BCUT2D eigenvalue weighted by Crippen LogP contribution is 2.30. The Morgan fingerprint density at radius 2 is 1.83 bits per heavy atom. The fourth-order valence-corrected chi connectivity index (χ4v) is 2.11. The van der Waals surface area contributed by atoms with Gasteiger partial charge in [0.25, 0.3) is 0 Å². The van der Waals surface area contributed by atoms with Gasteiger partial charge in [0.2, 0.25) is 0 Å². The average Bonchev–Trinajstić information content (AvgIpc) is 2.89. The molecule has 0 aliphatic heterocycles. The number of urea groups is 1. The van der Waals surface area contributed by atoms with Gasteiger partial charge in [-0.3, -0.25) is 0 Å². The molecule has 0 saturated carbocycles. The van der Waals surface area contributed by atoms with Gasteiger partial charge in [-0.25, -0.2) is 14.2 Å². The van der Waals surface area contributed by atoms with Crippen LogP contribution in [0.15, 0.2) is 42.7 Å². The van der Waals surface area contributed by atoms with E-state index in [1.165, 1.54) is 12.3 Å². The molecular weight excluding hydrogens is 328 g/mol. The minimum Gasteiger partial charge on any atom is -0.344 e. The molecule has 0 aliphatic rings. The number of pyridine rings is 1. The van der Waals surface area contributed by atoms with E-state index in [2.05, 4.69) is 20.6 Å². The molecule has 0 unspecified atom stereocenters. The second-order valence-corrected chi connectivity index (χ2v) is 4.91. The van der Waals surface area contributed by atoms with Crippen molar-refractivity contribution in [2.45, 2.75) is 6.18 Å². The number of rotatable bonds is 2. The van der Waals surface area contributed by atoms with Gasteiger partial charge in [-0.05, 0) is 30.3 Å². The number of carbonyl (C=O) groups excluding carboxylic acids is 1. The fraction of sp³-hybridized carbons (Fsp3) is 0.0667. The van der Waals surface area contributed by atoms with Crippen LogP contribution < -0.4 is 10.6 Å². The summed E-state index contributed by atoms with van der Waals surface area (Å²) in [5, 5.41) is 5.24. The summed E-state index contributed by atoms with van der Waals surface area (Å²) in [6.07, 6.45) is -1.98. The van der Waals surface area contributed by atoms with Gasteiger partial charge in [0.05, 0.1) is 17.4 Å². The van der Waals surface area contributed by atoms with Crippen LogP contribution in [0.1, 0.15) is 5.56 Å². The number of hydrogen-bond acceptors (Lipinski definition) is 2. The second-order valence-electron chi connectivity index (χ2n) is 4.91. The molecule has 0 spiro atoms. The lowest BCUT2D eigenvalue weighted by molar-refractivity contribution is -0.137. The summed E-state index contributed by atoms with van der Waals surface area (Å²) in [6.45, 7) is 0. The van der Waals surface area contributed by atoms with Gasteiger partial charge in [0.15, 0.2) is 0 Å². The quantitative estimate of drug-likeness (QED) is 0.608. The van der Waals surface area contributed by atoms with Crippen molar-refractivity contribution >= 4 is 28.4 Å². The third-order valence-electron chi connectivity index (χ3n) is 3.22. The number of carbonyl (C=O) groups is 1. The molecule has 2 amide bonds. The first kappa shape index (κ1) is 15.8. The molecule has 2 aromatic heterocycles. The monoisotopic (exact) mass is 338 g/mol. The number of hydrogen-bond donors (Lipinski definition) is 3. The molecule has 3 aromatic rings. The number of amides is 2. The standard InChI is InChI=1S/C15H10F4N4O/c16-9-5-11-12(7-21-13(11)20-6-9)23-14(24)22-10-3-1-8(2-4-10)15(17,18)19/h1-7H,(H,20,21)(H2,22,23,24). The highest BCUT2D eigenvalue weighted by atomic mass is 19.4. The summed E-state index contributed by atoms with van der Waals surface area (Å²) in [7, 11) is 0. The lowest BCUT2D eigenvalue weighted by atomic mass is 10.2. The maximum Gasteiger partial charge on any atom is 0.416 e. The van der Waals surface area contributed by atoms with Crippen LogP contribution >= 0.6 is 0 Å². The Bertz CT molecular complexity index is 887. The van der Waals surface area contributed by atoms with Crippen molar-refractivity contribution in [2.24, 2.45) is 0 Å². The van der Waals surface area contributed by atoms with E-state index in [4.69, 9.17) is 0 Å². The van der Waals surface area contributed by atoms with E-state index in [9.17, 15) is 22.4 Å². The molecule has 24 heavy (non-hydrogen) atoms. The highest BCUT2D eigenvalue weighted by Gasteiger charge is 2.29. The van der Waals surface area contributed by atoms with Gasteiger partial charge >= 0.3 is 12.2 Å². The summed E-state index contributed by atoms with van der Waals surface area (Å²) in [4.78, 5) is 18.5. The normalized spacial score (nSPS) is 11.5. The minimum absolute atomic E-state index is 0.185. The third-order valence-corrected chi connectivity index (χ3v) is 3.22. The van der Waals surface area contributed by atoms with Crippen LogP contribution in [-0.4, -0.2) is 16.0 Å². The fourth-order valence-electron chi connectivity index (χ4n) is 2.11. The number of halogens is 4. The summed E-state index contributed by atoms with van der Waals surface area (Å²) < 4.78 is 50.6. The summed E-state index contributed by atoms with van der Waals surface area (Å²) in [5.74, 6) is -0.562. The number of fused-ring (bicyclic) bond motifs is 1. The largest absolute Gasteiger partial charge is 0.416 e. The average molecular weight is 338 g/mol. The number of benzene rings is 1. The highest BCUT2D eigenvalue weighted by molar-refractivity contribution is 6.05. The first-order valence-electron chi connectivity index (χ1n) is 6.71. The van der Waals surface area contributed by atoms with E-state index in [1.54, 1.807) is 0 Å². The molecule has 5 nitrogen and oxygen atoms in total. The van der Waals surface area contributed by atoms with Gasteiger partial charge in [0.1, 0.15) is 11.5 Å². The summed E-state index contributed by atoms with van der Waals surface area (Å²) in [5.41, 5.74) is 0.0546. The second kappa shape index (κ2) is 5.84. The molecule has 0 saturated heterocycles. The molecule has 0 aliphatic carbocycles. The number of alkyl halides is 3. The molecule has 0 fully saturated rings. The van der Waals surface area contributed by atoms with Gasteiger partial charge < -0.3 is 15.6 Å². The van der Waals surface area contributed by atoms with E-state index in [1.807, 2.05) is 0 Å². The molecule has 3 N–H and O–H groups in total. The van der Waals surface area contributed by atoms with Crippen molar-refractivity contribution in [1.82, 2.24) is 9.97 Å². The Labute approximate surface area is 132 Å². The first-order valence-corrected chi connectivity index (χ1v) is 6.71. The Balaban J connectivity index is 1.72. The van der Waals surface area contributed by atoms with E-state index in [-0.39, 0.29) is 5.69 Å². The van der Waals surface area contributed by atoms with Gasteiger partial charge in [0, 0.05) is 17.3 Å². The SMILES string of the molecule is O=C(Nc1ccc(C(F)(F)F)cc1)Nc1c[nH]c2ncc(F)cc12. The van der Waals surface area contributed by atoms with E-state index >= 15 is 0 Å². The molecule has 124 valence electrons. The van der Waals surface area contributed by atoms with Crippen molar-refractivity contribution in [3.8, 4) is 0 Å². The third kappa shape index (κ3) is 3.29. The summed E-state index contributed by atoms with van der Waals surface area (Å²) >= 11 is 0. The zero-order valence-corrected chi connectivity index (χ0v) is 11.9. The molecular formula is C15H10F4N4O. The Kier molecular flexibility index (Phi) is 3.84. The van der Waals surface area contributed by atoms with Crippen LogP contribution in [0.25, 0.3) is 11.0 Å². The maximum atomic E-state index is 13.2. The lowest BCUT2D eigenvalue weighted by Crippen LogP contribution is -2.19. The molecule has 2 heterocycles. The van der Waals surface area contributed by atoms with E-state index in [0.717, 1.165) is 30.5 Å². The molecule has 0 bridgehead atoms. The van der Waals surface area contributed by atoms with Crippen LogP contribution in [-0.2, 0) is 6.18 Å². The van der Waals surface area contributed by atoms with Gasteiger partial charge in [-0.1, -0.05) is 0 Å². The Hall–Kier alpha value is -3.10. The summed E-state index contributed by atoms with van der Waals surface area (Å²) in [6, 6.07) is 4.52. The van der Waals surface area contributed by atoms with E-state index in [0.29, 0.717) is 16.7 Å². The number of aromatic nitrogens is 2. The molecule has 9 heteroatoms. The zero-order valence-electron chi connectivity index (χ0n) is 11.9. The molecule has 0 atom stereocenters. The number of nitrogens with one attached hydrogen (secondary N) is 3. The Morgan fingerprint density at radius 1 is 1.12 bits per heavy atom.